The van der Waals surface area contributed by atoms with E-state index in [0.29, 0.717) is 28.1 Å². The van der Waals surface area contributed by atoms with Crippen LogP contribution in [0.25, 0.3) is 5.69 Å². The number of piperazine rings is 1. The fourth-order valence-corrected chi connectivity index (χ4v) is 6.63. The minimum Gasteiger partial charge on any atom is -0.469 e. The molecule has 2 aromatic carbocycles. The lowest BCUT2D eigenvalue weighted by atomic mass is 9.99. The van der Waals surface area contributed by atoms with E-state index in [-0.39, 0.29) is 29.8 Å². The summed E-state index contributed by atoms with van der Waals surface area (Å²) in [5.74, 6) is 0.209. The van der Waals surface area contributed by atoms with Crippen molar-refractivity contribution in [2.45, 2.75) is 36.9 Å². The highest BCUT2D eigenvalue weighted by molar-refractivity contribution is 7.99. The number of fused-ring (bicyclic) bond motifs is 3. The summed E-state index contributed by atoms with van der Waals surface area (Å²) < 4.78 is 21.9. The Hall–Kier alpha value is -4.36. The van der Waals surface area contributed by atoms with Crippen LogP contribution in [0, 0.1) is 15.9 Å². The molecule has 228 valence electrons. The number of ether oxygens (including phenoxy) is 1. The summed E-state index contributed by atoms with van der Waals surface area (Å²) in [7, 11) is 1.32. The molecule has 3 aromatic rings. The number of aliphatic imine (C=N–C) groups is 1. The zero-order valence-electron chi connectivity index (χ0n) is 24.3. The lowest BCUT2D eigenvalue weighted by molar-refractivity contribution is -0.384. The van der Waals surface area contributed by atoms with Gasteiger partial charge in [-0.3, -0.25) is 29.4 Å². The molecule has 2 aliphatic heterocycles. The number of nitro benzene ring substituents is 1. The number of nitro groups is 1. The molecule has 0 unspecified atom stereocenters. The first-order valence-corrected chi connectivity index (χ1v) is 15.5. The van der Waals surface area contributed by atoms with E-state index in [1.54, 1.807) is 24.3 Å². The molecule has 1 aliphatic carbocycles. The SMILES string of the molecule is COC(=O)CC[C@@H]1N=C(c2ccccc2F)c2cc([N+](=O)[O-])ccc2-n2c(SCN3CCN(C4=CCCC=C4)CC3)nnc21. The Morgan fingerprint density at radius 1 is 1.11 bits per heavy atom. The second-order valence-electron chi connectivity index (χ2n) is 10.7. The third-order valence-corrected chi connectivity index (χ3v) is 9.01. The van der Waals surface area contributed by atoms with Crippen LogP contribution in [0.4, 0.5) is 10.1 Å². The zero-order chi connectivity index (χ0) is 30.6. The first-order valence-electron chi connectivity index (χ1n) is 14.5. The summed E-state index contributed by atoms with van der Waals surface area (Å²) in [6.45, 7) is 3.64. The van der Waals surface area contributed by atoms with Crippen LogP contribution in [0.2, 0.25) is 0 Å². The third-order valence-electron chi connectivity index (χ3n) is 8.00. The van der Waals surface area contributed by atoms with Gasteiger partial charge in [0.15, 0.2) is 11.0 Å². The van der Waals surface area contributed by atoms with E-state index >= 15 is 4.39 Å². The number of methoxy groups -OCH3 is 1. The molecular formula is C31H32FN7O4S. The second kappa shape index (κ2) is 13.1. The van der Waals surface area contributed by atoms with Crippen LogP contribution in [-0.4, -0.2) is 80.3 Å². The fraction of sp³-hybridized carbons (Fsp3) is 0.355. The number of allylic oxidation sites excluding steroid dienone is 3. The fourth-order valence-electron chi connectivity index (χ4n) is 5.66. The topological polar surface area (TPSA) is 119 Å². The van der Waals surface area contributed by atoms with Crippen LogP contribution in [0.15, 0.2) is 76.5 Å². The van der Waals surface area contributed by atoms with Gasteiger partial charge in [0.25, 0.3) is 5.69 Å². The van der Waals surface area contributed by atoms with Gasteiger partial charge in [-0.2, -0.15) is 0 Å². The maximum Gasteiger partial charge on any atom is 0.305 e. The molecule has 1 saturated heterocycles. The van der Waals surface area contributed by atoms with Gasteiger partial charge in [0.2, 0.25) is 0 Å². The van der Waals surface area contributed by atoms with Gasteiger partial charge in [-0.25, -0.2) is 4.39 Å². The van der Waals surface area contributed by atoms with Gasteiger partial charge in [-0.15, -0.1) is 10.2 Å². The average Bonchev–Trinajstić information content (AvgIpc) is 3.42. The second-order valence-corrected chi connectivity index (χ2v) is 11.6. The molecule has 13 heteroatoms. The molecule has 3 heterocycles. The van der Waals surface area contributed by atoms with Crippen molar-refractivity contribution in [1.82, 2.24) is 24.6 Å². The molecule has 0 amide bonds. The molecule has 1 fully saturated rings. The molecule has 0 N–H and O–H groups in total. The molecular weight excluding hydrogens is 585 g/mol. The van der Waals surface area contributed by atoms with Crippen molar-refractivity contribution in [2.24, 2.45) is 4.99 Å². The smallest absolute Gasteiger partial charge is 0.305 e. The number of halogens is 1. The number of nitrogens with zero attached hydrogens (tertiary/aromatic N) is 7. The van der Waals surface area contributed by atoms with E-state index in [4.69, 9.17) is 9.73 Å². The Bertz CT molecular complexity index is 1660. The Labute approximate surface area is 258 Å². The van der Waals surface area contributed by atoms with Gasteiger partial charge in [-0.1, -0.05) is 36.0 Å². The van der Waals surface area contributed by atoms with Gasteiger partial charge in [0.1, 0.15) is 11.9 Å². The number of carbonyl (C=O) groups is 1. The van der Waals surface area contributed by atoms with Crippen molar-refractivity contribution in [3.05, 3.63) is 99.3 Å². The summed E-state index contributed by atoms with van der Waals surface area (Å²) in [5, 5.41) is 21.4. The van der Waals surface area contributed by atoms with Crippen LogP contribution in [0.5, 0.6) is 0 Å². The highest BCUT2D eigenvalue weighted by Gasteiger charge is 2.32. The predicted octanol–water partition coefficient (Wildman–Crippen LogP) is 5.06. The molecule has 0 spiro atoms. The third kappa shape index (κ3) is 6.15. The summed E-state index contributed by atoms with van der Waals surface area (Å²) in [6, 6.07) is 9.96. The minimum atomic E-state index is -0.683. The first-order chi connectivity index (χ1) is 21.4. The summed E-state index contributed by atoms with van der Waals surface area (Å²) >= 11 is 1.52. The Morgan fingerprint density at radius 3 is 2.66 bits per heavy atom. The molecule has 6 rings (SSSR count). The number of esters is 1. The maximum absolute atomic E-state index is 15.2. The maximum atomic E-state index is 15.2. The van der Waals surface area contributed by atoms with E-state index in [0.717, 1.165) is 39.0 Å². The van der Waals surface area contributed by atoms with E-state index in [1.165, 1.54) is 42.8 Å². The molecule has 0 radical (unpaired) electrons. The van der Waals surface area contributed by atoms with E-state index in [1.807, 2.05) is 4.57 Å². The van der Waals surface area contributed by atoms with E-state index in [2.05, 4.69) is 38.2 Å². The number of non-ortho nitro benzene ring substituents is 1. The number of hydrogen-bond donors (Lipinski definition) is 0. The van der Waals surface area contributed by atoms with Crippen molar-refractivity contribution < 1.29 is 18.8 Å². The Kier molecular flexibility index (Phi) is 8.84. The van der Waals surface area contributed by atoms with Crippen LogP contribution < -0.4 is 0 Å². The van der Waals surface area contributed by atoms with Gasteiger partial charge < -0.3 is 9.64 Å². The van der Waals surface area contributed by atoms with Crippen molar-refractivity contribution >= 4 is 29.1 Å². The molecule has 3 aliphatic rings. The molecule has 0 bridgehead atoms. The minimum absolute atomic E-state index is 0.0525. The van der Waals surface area contributed by atoms with Gasteiger partial charge in [0.05, 0.1) is 29.3 Å². The lowest BCUT2D eigenvalue weighted by Crippen LogP contribution is -2.45. The average molecular weight is 618 g/mol. The summed E-state index contributed by atoms with van der Waals surface area (Å²) in [5.41, 5.74) is 2.54. The number of benzene rings is 2. The number of rotatable bonds is 9. The summed E-state index contributed by atoms with van der Waals surface area (Å²) in [4.78, 5) is 33.1. The number of hydrogen-bond acceptors (Lipinski definition) is 10. The molecule has 1 atom stereocenters. The van der Waals surface area contributed by atoms with Crippen LogP contribution in [-0.2, 0) is 9.53 Å². The standard InChI is InChI=1S/C31H32FN7O4S/c1-43-28(40)14-12-26-30-34-35-31(44-20-36-15-17-37(18-16-36)21-7-3-2-4-8-21)38(30)27-13-11-22(39(41)42)19-24(27)29(33-26)23-9-5-6-10-25(23)32/h3,5-11,13,19,26H,2,4,12,14-18,20H2,1H3/t26-/m0/s1. The van der Waals surface area contributed by atoms with E-state index in [9.17, 15) is 14.9 Å². The number of carbonyl (C=O) groups excluding carboxylic acids is 1. The normalized spacial score (nSPS) is 18.1. The van der Waals surface area contributed by atoms with Crippen molar-refractivity contribution in [3.8, 4) is 5.69 Å². The first kappa shape index (κ1) is 29.7. The zero-order valence-corrected chi connectivity index (χ0v) is 25.1. The molecule has 1 aromatic heterocycles. The van der Waals surface area contributed by atoms with Crippen LogP contribution in [0.3, 0.4) is 0 Å². The van der Waals surface area contributed by atoms with Gasteiger partial charge in [0, 0.05) is 61.6 Å². The van der Waals surface area contributed by atoms with Crippen LogP contribution >= 0.6 is 11.8 Å². The highest BCUT2D eigenvalue weighted by Crippen LogP contribution is 2.37. The highest BCUT2D eigenvalue weighted by atomic mass is 32.2. The monoisotopic (exact) mass is 617 g/mol. The van der Waals surface area contributed by atoms with E-state index < -0.39 is 22.8 Å². The molecule has 0 saturated carbocycles. The summed E-state index contributed by atoms with van der Waals surface area (Å²) in [6.07, 6.45) is 9.18. The van der Waals surface area contributed by atoms with Gasteiger partial charge >= 0.3 is 5.97 Å². The van der Waals surface area contributed by atoms with Crippen molar-refractivity contribution in [1.29, 1.82) is 0 Å². The molecule has 11 nitrogen and oxygen atoms in total. The molecule has 44 heavy (non-hydrogen) atoms. The predicted molar refractivity (Wildman–Crippen MR) is 164 cm³/mol. The van der Waals surface area contributed by atoms with Gasteiger partial charge in [-0.05, 0) is 43.5 Å². The number of thioether (sulfide) groups is 1. The lowest BCUT2D eigenvalue weighted by Gasteiger charge is -2.36. The Morgan fingerprint density at radius 2 is 1.93 bits per heavy atom. The van der Waals surface area contributed by atoms with Crippen LogP contribution in [0.1, 0.15) is 48.7 Å². The largest absolute Gasteiger partial charge is 0.469 e. The number of aromatic nitrogens is 3. The Balaban J connectivity index is 1.34. The van der Waals surface area contributed by atoms with Crippen molar-refractivity contribution in [3.63, 3.8) is 0 Å². The quantitative estimate of drug-likeness (QED) is 0.140. The van der Waals surface area contributed by atoms with Crippen molar-refractivity contribution in [2.75, 3.05) is 39.2 Å².